The van der Waals surface area contributed by atoms with Crippen LogP contribution in [0.2, 0.25) is 15.1 Å². The van der Waals surface area contributed by atoms with Gasteiger partial charge < -0.3 is 14.6 Å². The number of imide groups is 2. The van der Waals surface area contributed by atoms with Crippen LogP contribution in [0.15, 0.2) is 96.6 Å². The highest BCUT2D eigenvalue weighted by Crippen LogP contribution is 2.65. The molecule has 2 saturated heterocycles. The number of aryl methyl sites for hydroxylation is 1. The van der Waals surface area contributed by atoms with Gasteiger partial charge in [-0.15, -0.1) is 0 Å². The van der Waals surface area contributed by atoms with Crippen molar-refractivity contribution in [2.75, 3.05) is 30.6 Å². The van der Waals surface area contributed by atoms with Crippen LogP contribution in [0.1, 0.15) is 35.4 Å². The lowest BCUT2D eigenvalue weighted by Crippen LogP contribution is -2.53. The number of ether oxygens (including phenoxy) is 2. The second-order valence-corrected chi connectivity index (χ2v) is 15.5. The molecule has 3 fully saturated rings. The van der Waals surface area contributed by atoms with Crippen molar-refractivity contribution in [2.45, 2.75) is 31.1 Å². The second kappa shape index (κ2) is 14.3. The van der Waals surface area contributed by atoms with Crippen molar-refractivity contribution in [1.82, 2.24) is 5.01 Å². The summed E-state index contributed by atoms with van der Waals surface area (Å²) in [6, 6.07) is 24.1. The number of carbonyl (C=O) groups is 4. The van der Waals surface area contributed by atoms with Gasteiger partial charge in [0.1, 0.15) is 18.1 Å². The molecule has 0 radical (unpaired) electrons. The van der Waals surface area contributed by atoms with Crippen molar-refractivity contribution in [3.05, 3.63) is 128 Å². The molecule has 10 nitrogen and oxygen atoms in total. The molecule has 0 unspecified atom stereocenters. The van der Waals surface area contributed by atoms with E-state index in [0.717, 1.165) is 16.1 Å². The lowest BCUT2D eigenvalue weighted by atomic mass is 9.49. The number of anilines is 2. The topological polar surface area (TPSA) is 125 Å². The van der Waals surface area contributed by atoms with Gasteiger partial charge in [0, 0.05) is 21.5 Å². The SMILES string of the molecule is COc1ccc([C@@]23C(=O)N(Nc4ccc(Cl)cc4Cl)C(=O)[C@@H]2C[C@@H]2C(=CC[C@@H]4C(=O)N(c5ccc(C)c(Cl)c5)C(=O)[C@@H]42)[C@@H]3c2ccccc2OCCO)cc1. The third kappa shape index (κ3) is 5.80. The Kier molecular flexibility index (Phi) is 9.66. The van der Waals surface area contributed by atoms with Gasteiger partial charge in [-0.1, -0.05) is 82.9 Å². The Labute approximate surface area is 332 Å². The Morgan fingerprint density at radius 3 is 2.35 bits per heavy atom. The van der Waals surface area contributed by atoms with Crippen LogP contribution in [0.4, 0.5) is 11.4 Å². The van der Waals surface area contributed by atoms with Gasteiger partial charge in [0.05, 0.1) is 53.3 Å². The molecule has 0 aromatic heterocycles. The quantitative estimate of drug-likeness (QED) is 0.132. The summed E-state index contributed by atoms with van der Waals surface area (Å²) in [4.78, 5) is 60.6. The minimum Gasteiger partial charge on any atom is -0.497 e. The molecule has 4 aromatic rings. The van der Waals surface area contributed by atoms with Crippen LogP contribution in [0, 0.1) is 30.6 Å². The number of hydrogen-bond donors (Lipinski definition) is 2. The molecule has 0 bridgehead atoms. The lowest BCUT2D eigenvalue weighted by Gasteiger charge is -2.50. The molecule has 55 heavy (non-hydrogen) atoms. The molecule has 2 N–H and O–H groups in total. The highest BCUT2D eigenvalue weighted by atomic mass is 35.5. The van der Waals surface area contributed by atoms with Gasteiger partial charge in [-0.3, -0.25) is 24.6 Å². The average Bonchev–Trinajstić information content (AvgIpc) is 3.56. The predicted octanol–water partition coefficient (Wildman–Crippen LogP) is 7.52. The Bertz CT molecular complexity index is 2280. The number of hydrogen-bond acceptors (Lipinski definition) is 8. The van der Waals surface area contributed by atoms with Crippen LogP contribution in [0.3, 0.4) is 0 Å². The van der Waals surface area contributed by atoms with E-state index in [0.29, 0.717) is 44.0 Å². The van der Waals surface area contributed by atoms with E-state index >= 15 is 9.59 Å². The molecule has 1 saturated carbocycles. The minimum atomic E-state index is -1.57. The third-order valence-corrected chi connectivity index (χ3v) is 12.5. The molecule has 4 aliphatic rings. The maximum absolute atomic E-state index is 15.5. The molecule has 6 atom stereocenters. The molecule has 4 amide bonds. The Morgan fingerprint density at radius 1 is 0.873 bits per heavy atom. The molecule has 0 spiro atoms. The number of benzene rings is 4. The average molecular weight is 801 g/mol. The smallest absolute Gasteiger partial charge is 0.260 e. The number of allylic oxidation sites excluding steroid dienone is 2. The molecule has 2 heterocycles. The summed E-state index contributed by atoms with van der Waals surface area (Å²) in [5.41, 5.74) is 4.82. The molecular weight excluding hydrogens is 765 g/mol. The van der Waals surface area contributed by atoms with Crippen molar-refractivity contribution < 1.29 is 33.8 Å². The monoisotopic (exact) mass is 799 g/mol. The Morgan fingerprint density at radius 2 is 1.64 bits per heavy atom. The molecular formula is C42H36Cl3N3O7. The minimum absolute atomic E-state index is 0.0213. The second-order valence-electron chi connectivity index (χ2n) is 14.3. The maximum atomic E-state index is 15.5. The summed E-state index contributed by atoms with van der Waals surface area (Å²) < 4.78 is 11.6. The van der Waals surface area contributed by atoms with Crippen molar-refractivity contribution in [2.24, 2.45) is 23.7 Å². The highest BCUT2D eigenvalue weighted by molar-refractivity contribution is 6.36. The van der Waals surface area contributed by atoms with E-state index in [2.05, 4.69) is 5.43 Å². The van der Waals surface area contributed by atoms with Gasteiger partial charge in [-0.05, 0) is 85.3 Å². The van der Waals surface area contributed by atoms with Crippen molar-refractivity contribution >= 4 is 69.8 Å². The van der Waals surface area contributed by atoms with Crippen molar-refractivity contribution in [3.63, 3.8) is 0 Å². The number of halogens is 3. The highest BCUT2D eigenvalue weighted by Gasteiger charge is 2.70. The summed E-state index contributed by atoms with van der Waals surface area (Å²) in [6.07, 6.45) is 2.30. The molecule has 2 aliphatic heterocycles. The number of aliphatic hydroxyl groups is 1. The number of hydrazine groups is 1. The van der Waals surface area contributed by atoms with Crippen LogP contribution >= 0.6 is 34.8 Å². The van der Waals surface area contributed by atoms with E-state index in [1.165, 1.54) is 11.0 Å². The molecule has 13 heteroatoms. The lowest BCUT2D eigenvalue weighted by molar-refractivity contribution is -0.138. The maximum Gasteiger partial charge on any atom is 0.260 e. The molecule has 2 aliphatic carbocycles. The molecule has 4 aromatic carbocycles. The fraction of sp³-hybridized carbons (Fsp3) is 0.286. The number of aliphatic hydroxyl groups excluding tert-OH is 1. The first-order valence-electron chi connectivity index (χ1n) is 17.9. The first-order chi connectivity index (χ1) is 26.5. The summed E-state index contributed by atoms with van der Waals surface area (Å²) >= 11 is 19.2. The van der Waals surface area contributed by atoms with Crippen LogP contribution in [0.5, 0.6) is 11.5 Å². The van der Waals surface area contributed by atoms with E-state index in [4.69, 9.17) is 44.3 Å². The number of nitrogens with one attached hydrogen (secondary N) is 1. The van der Waals surface area contributed by atoms with Gasteiger partial charge in [0.25, 0.3) is 11.8 Å². The summed E-state index contributed by atoms with van der Waals surface area (Å²) in [6.45, 7) is 1.56. The molecule has 282 valence electrons. The fourth-order valence-electron chi connectivity index (χ4n) is 9.17. The Hall–Kier alpha value is -4.87. The zero-order valence-corrected chi connectivity index (χ0v) is 32.1. The standard InChI is InChI=1S/C42H36Cl3N3O7/c1-22-7-11-25(20-32(22)44)47-38(50)29-15-14-27-30(36(29)40(47)52)21-31-39(51)48(46-34-16-10-24(43)19-33(34)45)41(53)42(31,23-8-12-26(54-2)13-9-23)37(27)28-5-3-4-6-35(28)55-18-17-49/h3-14,16,19-20,29-31,36-37,46,49H,15,17-18,21H2,1-2H3/t29-,30+,31-,36-,37+,42+/m0/s1. The van der Waals surface area contributed by atoms with Crippen molar-refractivity contribution in [3.8, 4) is 11.5 Å². The predicted molar refractivity (Wildman–Crippen MR) is 208 cm³/mol. The normalized spacial score (nSPS) is 25.7. The Balaban J connectivity index is 1.34. The van der Waals surface area contributed by atoms with Gasteiger partial charge in [-0.2, -0.15) is 5.01 Å². The number of carbonyl (C=O) groups excluding carboxylic acids is 4. The summed E-state index contributed by atoms with van der Waals surface area (Å²) in [5, 5.41) is 11.8. The number of amides is 4. The number of para-hydroxylation sites is 1. The van der Waals surface area contributed by atoms with E-state index in [1.807, 2.05) is 25.1 Å². The third-order valence-electron chi connectivity index (χ3n) is 11.6. The number of rotatable bonds is 9. The largest absolute Gasteiger partial charge is 0.497 e. The van der Waals surface area contributed by atoms with Gasteiger partial charge in [0.2, 0.25) is 11.8 Å². The zero-order valence-electron chi connectivity index (χ0n) is 29.8. The van der Waals surface area contributed by atoms with Gasteiger partial charge >= 0.3 is 0 Å². The van der Waals surface area contributed by atoms with Crippen LogP contribution < -0.4 is 19.8 Å². The first kappa shape index (κ1) is 37.1. The summed E-state index contributed by atoms with van der Waals surface area (Å²) in [7, 11) is 1.54. The van der Waals surface area contributed by atoms with Crippen LogP contribution in [-0.4, -0.2) is 54.1 Å². The number of methoxy groups -OCH3 is 1. The summed E-state index contributed by atoms with van der Waals surface area (Å²) in [5.74, 6) is -4.80. The van der Waals surface area contributed by atoms with E-state index in [-0.39, 0.29) is 42.9 Å². The van der Waals surface area contributed by atoms with Crippen LogP contribution in [-0.2, 0) is 24.6 Å². The first-order valence-corrected chi connectivity index (χ1v) is 19.1. The molecule has 8 rings (SSSR count). The van der Waals surface area contributed by atoms with Gasteiger partial charge in [0.15, 0.2) is 0 Å². The fourth-order valence-corrected chi connectivity index (χ4v) is 9.79. The van der Waals surface area contributed by atoms with E-state index in [9.17, 15) is 14.7 Å². The van der Waals surface area contributed by atoms with Crippen LogP contribution in [0.25, 0.3) is 0 Å². The van der Waals surface area contributed by atoms with Gasteiger partial charge in [-0.25, -0.2) is 4.90 Å². The van der Waals surface area contributed by atoms with E-state index < -0.39 is 46.8 Å². The van der Waals surface area contributed by atoms with E-state index in [1.54, 1.807) is 73.8 Å². The zero-order chi connectivity index (χ0) is 38.8. The number of fused-ring (bicyclic) bond motifs is 4. The van der Waals surface area contributed by atoms with Crippen molar-refractivity contribution in [1.29, 1.82) is 0 Å². The number of nitrogens with zero attached hydrogens (tertiary/aromatic N) is 2.